The molecule has 1 aliphatic rings. The van der Waals surface area contributed by atoms with Gasteiger partial charge in [0.15, 0.2) is 0 Å². The second kappa shape index (κ2) is 8.91. The molecule has 0 N–H and O–H groups in total. The maximum absolute atomic E-state index is 12.4. The van der Waals surface area contributed by atoms with Crippen molar-refractivity contribution in [2.45, 2.75) is 40.5 Å². The summed E-state index contributed by atoms with van der Waals surface area (Å²) >= 11 is 6.03. The summed E-state index contributed by atoms with van der Waals surface area (Å²) in [5, 5.41) is 0.739. The van der Waals surface area contributed by atoms with Crippen LogP contribution in [0, 0.1) is 19.8 Å². The van der Waals surface area contributed by atoms with Gasteiger partial charge in [-0.3, -0.25) is 4.79 Å². The summed E-state index contributed by atoms with van der Waals surface area (Å²) in [6, 6.07) is 7.93. The van der Waals surface area contributed by atoms with E-state index in [1.165, 1.54) is 5.56 Å². The average Bonchev–Trinajstić information content (AvgIpc) is 2.65. The van der Waals surface area contributed by atoms with Crippen molar-refractivity contribution in [1.29, 1.82) is 0 Å². The van der Waals surface area contributed by atoms with Crippen molar-refractivity contribution in [3.05, 3.63) is 51.9 Å². The fraction of sp³-hybridized carbons (Fsp3) is 0.500. The van der Waals surface area contributed by atoms with Gasteiger partial charge in [-0.1, -0.05) is 37.6 Å². The minimum atomic E-state index is 0.256. The number of carbonyl (C=O) groups is 1. The molecule has 1 aromatic heterocycles. The van der Waals surface area contributed by atoms with Gasteiger partial charge in [0, 0.05) is 55.3 Å². The van der Waals surface area contributed by atoms with E-state index in [4.69, 9.17) is 16.6 Å². The Balaban J connectivity index is 1.78. The molecule has 150 valence electrons. The monoisotopic (exact) mass is 400 g/mol. The van der Waals surface area contributed by atoms with E-state index in [2.05, 4.69) is 23.7 Å². The maximum Gasteiger partial charge on any atom is 0.222 e. The number of rotatable bonds is 5. The van der Waals surface area contributed by atoms with Gasteiger partial charge in [-0.05, 0) is 37.5 Å². The van der Waals surface area contributed by atoms with Crippen LogP contribution >= 0.6 is 11.6 Å². The number of amides is 1. The molecule has 0 bridgehead atoms. The Morgan fingerprint density at radius 2 is 1.71 bits per heavy atom. The molecule has 0 atom stereocenters. The summed E-state index contributed by atoms with van der Waals surface area (Å²) < 4.78 is 0. The van der Waals surface area contributed by atoms with Crippen molar-refractivity contribution in [2.24, 2.45) is 5.92 Å². The second-order valence-corrected chi connectivity index (χ2v) is 8.36. The van der Waals surface area contributed by atoms with Gasteiger partial charge in [0.1, 0.15) is 11.6 Å². The van der Waals surface area contributed by atoms with Gasteiger partial charge in [-0.2, -0.15) is 0 Å². The van der Waals surface area contributed by atoms with Gasteiger partial charge >= 0.3 is 0 Å². The first-order valence-electron chi connectivity index (χ1n) is 9.94. The second-order valence-electron chi connectivity index (χ2n) is 7.93. The predicted molar refractivity (Wildman–Crippen MR) is 114 cm³/mol. The van der Waals surface area contributed by atoms with Gasteiger partial charge in [-0.15, -0.1) is 0 Å². The molecule has 2 heterocycles. The molecule has 0 saturated carbocycles. The molecule has 1 fully saturated rings. The van der Waals surface area contributed by atoms with Gasteiger partial charge < -0.3 is 9.80 Å². The molecule has 0 radical (unpaired) electrons. The first-order valence-corrected chi connectivity index (χ1v) is 10.3. The van der Waals surface area contributed by atoms with Gasteiger partial charge in [-0.25, -0.2) is 9.97 Å². The lowest BCUT2D eigenvalue weighted by atomic mass is 10.0. The predicted octanol–water partition coefficient (Wildman–Crippen LogP) is 4.03. The van der Waals surface area contributed by atoms with Crippen LogP contribution in [0.2, 0.25) is 5.02 Å². The van der Waals surface area contributed by atoms with E-state index >= 15 is 0 Å². The maximum atomic E-state index is 12.4. The number of piperazine rings is 1. The summed E-state index contributed by atoms with van der Waals surface area (Å²) in [5.41, 5.74) is 3.34. The van der Waals surface area contributed by atoms with E-state index in [0.717, 1.165) is 60.5 Å². The van der Waals surface area contributed by atoms with Crippen LogP contribution in [0.15, 0.2) is 24.3 Å². The molecule has 0 unspecified atom stereocenters. The molecule has 1 aromatic carbocycles. The van der Waals surface area contributed by atoms with Crippen molar-refractivity contribution >= 4 is 23.3 Å². The SMILES string of the molecule is Cc1nc(C)c(Cc2ccc(Cl)cc2)c(N2CCN(C(=O)CC(C)C)CC2)n1. The number of aryl methyl sites for hydroxylation is 2. The van der Waals surface area contributed by atoms with Crippen LogP contribution in [0.4, 0.5) is 5.82 Å². The first kappa shape index (κ1) is 20.6. The topological polar surface area (TPSA) is 49.3 Å². The smallest absolute Gasteiger partial charge is 0.222 e. The highest BCUT2D eigenvalue weighted by Crippen LogP contribution is 2.26. The van der Waals surface area contributed by atoms with Crippen molar-refractivity contribution in [1.82, 2.24) is 14.9 Å². The normalized spacial score (nSPS) is 14.6. The summed E-state index contributed by atoms with van der Waals surface area (Å²) in [6.45, 7) is 11.2. The number of hydrogen-bond donors (Lipinski definition) is 0. The number of halogens is 1. The zero-order valence-electron chi connectivity index (χ0n) is 17.2. The van der Waals surface area contributed by atoms with E-state index in [9.17, 15) is 4.79 Å². The zero-order valence-corrected chi connectivity index (χ0v) is 18.0. The van der Waals surface area contributed by atoms with Crippen LogP contribution in [0.25, 0.3) is 0 Å². The highest BCUT2D eigenvalue weighted by Gasteiger charge is 2.25. The van der Waals surface area contributed by atoms with E-state index in [0.29, 0.717) is 12.3 Å². The van der Waals surface area contributed by atoms with E-state index in [-0.39, 0.29) is 5.91 Å². The molecule has 0 aliphatic carbocycles. The molecular weight excluding hydrogens is 372 g/mol. The molecule has 3 rings (SSSR count). The fourth-order valence-corrected chi connectivity index (χ4v) is 3.76. The number of carbonyl (C=O) groups excluding carboxylic acids is 1. The standard InChI is InChI=1S/C22H29ClN4O/c1-15(2)13-21(28)26-9-11-27(12-10-26)22-20(16(3)24-17(4)25-22)14-18-5-7-19(23)8-6-18/h5-8,15H,9-14H2,1-4H3. The van der Waals surface area contributed by atoms with Crippen molar-refractivity contribution in [2.75, 3.05) is 31.1 Å². The summed E-state index contributed by atoms with van der Waals surface area (Å²) in [5.74, 6) is 2.43. The minimum Gasteiger partial charge on any atom is -0.353 e. The highest BCUT2D eigenvalue weighted by molar-refractivity contribution is 6.30. The average molecular weight is 401 g/mol. The molecule has 28 heavy (non-hydrogen) atoms. The molecule has 5 nitrogen and oxygen atoms in total. The van der Waals surface area contributed by atoms with Crippen LogP contribution in [0.5, 0.6) is 0 Å². The van der Waals surface area contributed by atoms with Crippen molar-refractivity contribution in [3.63, 3.8) is 0 Å². The van der Waals surface area contributed by atoms with Crippen LogP contribution < -0.4 is 4.90 Å². The summed E-state index contributed by atoms with van der Waals surface area (Å²) in [4.78, 5) is 26.0. The van der Waals surface area contributed by atoms with Crippen molar-refractivity contribution in [3.8, 4) is 0 Å². The van der Waals surface area contributed by atoms with Crippen LogP contribution in [-0.4, -0.2) is 47.0 Å². The van der Waals surface area contributed by atoms with Gasteiger partial charge in [0.05, 0.1) is 0 Å². The van der Waals surface area contributed by atoms with E-state index in [1.807, 2.05) is 43.0 Å². The molecule has 6 heteroatoms. The van der Waals surface area contributed by atoms with Crippen LogP contribution in [0.1, 0.15) is 42.9 Å². The number of anilines is 1. The number of nitrogens with zero attached hydrogens (tertiary/aromatic N) is 4. The van der Waals surface area contributed by atoms with Crippen molar-refractivity contribution < 1.29 is 4.79 Å². The Kier molecular flexibility index (Phi) is 6.55. The van der Waals surface area contributed by atoms with Gasteiger partial charge in [0.25, 0.3) is 0 Å². The molecular formula is C22H29ClN4O. The Bertz CT molecular complexity index is 827. The fourth-order valence-electron chi connectivity index (χ4n) is 3.64. The largest absolute Gasteiger partial charge is 0.353 e. The van der Waals surface area contributed by atoms with Gasteiger partial charge in [0.2, 0.25) is 5.91 Å². The molecule has 1 saturated heterocycles. The Labute approximate surface area is 172 Å². The van der Waals surface area contributed by atoms with Crippen LogP contribution in [-0.2, 0) is 11.2 Å². The van der Waals surface area contributed by atoms with E-state index in [1.54, 1.807) is 0 Å². The number of hydrogen-bond acceptors (Lipinski definition) is 4. The Morgan fingerprint density at radius 1 is 1.07 bits per heavy atom. The zero-order chi connectivity index (χ0) is 20.3. The third-order valence-corrected chi connectivity index (χ3v) is 5.36. The van der Waals surface area contributed by atoms with E-state index < -0.39 is 0 Å². The van der Waals surface area contributed by atoms with Crippen LogP contribution in [0.3, 0.4) is 0 Å². The lowest BCUT2D eigenvalue weighted by Gasteiger charge is -2.37. The lowest BCUT2D eigenvalue weighted by Crippen LogP contribution is -2.49. The summed E-state index contributed by atoms with van der Waals surface area (Å²) in [7, 11) is 0. The molecule has 1 aliphatic heterocycles. The number of benzene rings is 1. The minimum absolute atomic E-state index is 0.256. The summed E-state index contributed by atoms with van der Waals surface area (Å²) in [6.07, 6.45) is 1.39. The number of aromatic nitrogens is 2. The Morgan fingerprint density at radius 3 is 2.32 bits per heavy atom. The third-order valence-electron chi connectivity index (χ3n) is 5.11. The Hall–Kier alpha value is -2.14. The molecule has 0 spiro atoms. The lowest BCUT2D eigenvalue weighted by molar-refractivity contribution is -0.132. The quantitative estimate of drug-likeness (QED) is 0.760. The third kappa shape index (κ3) is 5.02. The molecule has 2 aromatic rings. The molecule has 1 amide bonds. The first-order chi connectivity index (χ1) is 13.3. The highest BCUT2D eigenvalue weighted by atomic mass is 35.5.